The minimum Gasteiger partial charge on any atom is -0.451 e. The Bertz CT molecular complexity index is 773. The maximum Gasteiger partial charge on any atom is 0.350 e. The standard InChI is InChI=1S/C20H24N2O3S/c1-3-16-11-7-8-12-22(16)17(23)13-25-20(24)18-14(2)21-19(26-18)15-9-5-4-6-10-15/h4-6,9-10,16H,3,7-8,11-13H2,1-2H3. The lowest BCUT2D eigenvalue weighted by Crippen LogP contribution is -2.45. The van der Waals surface area contributed by atoms with Gasteiger partial charge >= 0.3 is 5.97 Å². The summed E-state index contributed by atoms with van der Waals surface area (Å²) in [5.74, 6) is -0.573. The van der Waals surface area contributed by atoms with Gasteiger partial charge in [0, 0.05) is 18.2 Å². The van der Waals surface area contributed by atoms with E-state index in [1.807, 2.05) is 35.2 Å². The van der Waals surface area contributed by atoms with Crippen molar-refractivity contribution in [2.24, 2.45) is 0 Å². The summed E-state index contributed by atoms with van der Waals surface area (Å²) in [7, 11) is 0. The second-order valence-corrected chi connectivity index (χ2v) is 7.52. The van der Waals surface area contributed by atoms with E-state index in [-0.39, 0.29) is 18.6 Å². The number of thiazole rings is 1. The van der Waals surface area contributed by atoms with Gasteiger partial charge in [-0.1, -0.05) is 37.3 Å². The number of nitrogens with zero attached hydrogens (tertiary/aromatic N) is 2. The number of hydrogen-bond acceptors (Lipinski definition) is 5. The number of aryl methyl sites for hydroxylation is 1. The summed E-state index contributed by atoms with van der Waals surface area (Å²) in [4.78, 5) is 31.7. The van der Waals surface area contributed by atoms with Gasteiger partial charge < -0.3 is 9.64 Å². The second-order valence-electron chi connectivity index (χ2n) is 6.52. The molecule has 3 rings (SSSR count). The summed E-state index contributed by atoms with van der Waals surface area (Å²) in [6.07, 6.45) is 4.15. The zero-order valence-electron chi connectivity index (χ0n) is 15.2. The quantitative estimate of drug-likeness (QED) is 0.743. The second kappa shape index (κ2) is 8.45. The maximum absolute atomic E-state index is 12.5. The predicted octanol–water partition coefficient (Wildman–Crippen LogP) is 4.07. The van der Waals surface area contributed by atoms with Crippen LogP contribution < -0.4 is 0 Å². The molecule has 1 atom stereocenters. The maximum atomic E-state index is 12.5. The Morgan fingerprint density at radius 2 is 2.04 bits per heavy atom. The number of aromatic nitrogens is 1. The first-order valence-corrected chi connectivity index (χ1v) is 9.91. The third kappa shape index (κ3) is 4.12. The van der Waals surface area contributed by atoms with E-state index in [0.29, 0.717) is 10.6 Å². The van der Waals surface area contributed by atoms with Gasteiger partial charge in [0.2, 0.25) is 0 Å². The van der Waals surface area contributed by atoms with Gasteiger partial charge in [0.1, 0.15) is 9.88 Å². The van der Waals surface area contributed by atoms with Gasteiger partial charge in [-0.2, -0.15) is 0 Å². The molecular weight excluding hydrogens is 348 g/mol. The third-order valence-corrected chi connectivity index (χ3v) is 5.93. The minimum atomic E-state index is -0.472. The highest BCUT2D eigenvalue weighted by Crippen LogP contribution is 2.28. The van der Waals surface area contributed by atoms with Crippen molar-refractivity contribution in [3.8, 4) is 10.6 Å². The van der Waals surface area contributed by atoms with Gasteiger partial charge in [-0.25, -0.2) is 9.78 Å². The van der Waals surface area contributed by atoms with Crippen LogP contribution in [0.4, 0.5) is 0 Å². The molecule has 0 aliphatic carbocycles. The van der Waals surface area contributed by atoms with Crippen molar-refractivity contribution in [3.63, 3.8) is 0 Å². The molecule has 1 aliphatic rings. The Balaban J connectivity index is 1.63. The summed E-state index contributed by atoms with van der Waals surface area (Å²) in [5, 5.41) is 0.781. The van der Waals surface area contributed by atoms with Crippen LogP contribution in [-0.4, -0.2) is 41.0 Å². The first kappa shape index (κ1) is 18.6. The first-order valence-electron chi connectivity index (χ1n) is 9.09. The van der Waals surface area contributed by atoms with E-state index in [0.717, 1.165) is 42.8 Å². The van der Waals surface area contributed by atoms with Crippen LogP contribution in [0.1, 0.15) is 48.0 Å². The van der Waals surface area contributed by atoms with Crippen molar-refractivity contribution in [3.05, 3.63) is 40.9 Å². The molecule has 1 aromatic heterocycles. The number of rotatable bonds is 5. The number of benzene rings is 1. The molecule has 2 heterocycles. The molecule has 2 aromatic rings. The predicted molar refractivity (Wildman–Crippen MR) is 102 cm³/mol. The van der Waals surface area contributed by atoms with Gasteiger partial charge in [-0.15, -0.1) is 11.3 Å². The Hall–Kier alpha value is -2.21. The summed E-state index contributed by atoms with van der Waals surface area (Å²) in [6.45, 7) is 4.44. The van der Waals surface area contributed by atoms with E-state index in [1.165, 1.54) is 11.3 Å². The number of carbonyl (C=O) groups excluding carboxylic acids is 2. The molecule has 1 amide bonds. The monoisotopic (exact) mass is 372 g/mol. The fourth-order valence-electron chi connectivity index (χ4n) is 3.32. The van der Waals surface area contributed by atoms with Crippen LogP contribution in [-0.2, 0) is 9.53 Å². The van der Waals surface area contributed by atoms with Crippen LogP contribution in [0.15, 0.2) is 30.3 Å². The summed E-state index contributed by atoms with van der Waals surface area (Å²) in [5.41, 5.74) is 1.60. The average molecular weight is 372 g/mol. The lowest BCUT2D eigenvalue weighted by atomic mass is 10.00. The van der Waals surface area contributed by atoms with Crippen molar-refractivity contribution >= 4 is 23.2 Å². The third-order valence-electron chi connectivity index (χ3n) is 4.75. The van der Waals surface area contributed by atoms with E-state index >= 15 is 0 Å². The first-order chi connectivity index (χ1) is 12.6. The van der Waals surface area contributed by atoms with Crippen LogP contribution in [0.3, 0.4) is 0 Å². The molecule has 0 bridgehead atoms. The Labute approximate surface area is 158 Å². The molecular formula is C20H24N2O3S. The van der Waals surface area contributed by atoms with Crippen molar-refractivity contribution in [1.82, 2.24) is 9.88 Å². The molecule has 6 heteroatoms. The number of piperidine rings is 1. The molecule has 1 saturated heterocycles. The van der Waals surface area contributed by atoms with Crippen LogP contribution in [0.2, 0.25) is 0 Å². The highest BCUT2D eigenvalue weighted by molar-refractivity contribution is 7.17. The van der Waals surface area contributed by atoms with E-state index in [1.54, 1.807) is 6.92 Å². The SMILES string of the molecule is CCC1CCCCN1C(=O)COC(=O)c1sc(-c2ccccc2)nc1C. The van der Waals surface area contributed by atoms with Gasteiger partial charge in [-0.3, -0.25) is 4.79 Å². The zero-order chi connectivity index (χ0) is 18.5. The summed E-state index contributed by atoms with van der Waals surface area (Å²) < 4.78 is 5.31. The normalized spacial score (nSPS) is 17.2. The number of esters is 1. The molecule has 26 heavy (non-hydrogen) atoms. The largest absolute Gasteiger partial charge is 0.451 e. The van der Waals surface area contributed by atoms with Gasteiger partial charge in [0.05, 0.1) is 5.69 Å². The van der Waals surface area contributed by atoms with E-state index in [4.69, 9.17) is 4.74 Å². The van der Waals surface area contributed by atoms with Crippen LogP contribution in [0.5, 0.6) is 0 Å². The molecule has 0 spiro atoms. The van der Waals surface area contributed by atoms with Crippen LogP contribution in [0.25, 0.3) is 10.6 Å². The number of amides is 1. The fourth-order valence-corrected chi connectivity index (χ4v) is 4.28. The highest BCUT2D eigenvalue weighted by Gasteiger charge is 2.26. The molecule has 0 N–H and O–H groups in total. The number of ether oxygens (including phenoxy) is 1. The van der Waals surface area contributed by atoms with Crippen molar-refractivity contribution in [2.75, 3.05) is 13.2 Å². The molecule has 0 saturated carbocycles. The number of hydrogen-bond donors (Lipinski definition) is 0. The highest BCUT2D eigenvalue weighted by atomic mass is 32.1. The molecule has 0 radical (unpaired) electrons. The van der Waals surface area contributed by atoms with Crippen molar-refractivity contribution < 1.29 is 14.3 Å². The lowest BCUT2D eigenvalue weighted by molar-refractivity contribution is -0.138. The zero-order valence-corrected chi connectivity index (χ0v) is 16.1. The molecule has 1 aromatic carbocycles. The number of carbonyl (C=O) groups is 2. The number of likely N-dealkylation sites (tertiary alicyclic amines) is 1. The minimum absolute atomic E-state index is 0.102. The molecule has 138 valence electrons. The van der Waals surface area contributed by atoms with Crippen molar-refractivity contribution in [2.45, 2.75) is 45.6 Å². The Morgan fingerprint density at radius 3 is 2.77 bits per heavy atom. The summed E-state index contributed by atoms with van der Waals surface area (Å²) in [6, 6.07) is 9.99. The van der Waals surface area contributed by atoms with Gasteiger partial charge in [0.15, 0.2) is 6.61 Å². The molecule has 1 fully saturated rings. The Morgan fingerprint density at radius 1 is 1.27 bits per heavy atom. The molecule has 1 aliphatic heterocycles. The molecule has 1 unspecified atom stereocenters. The van der Waals surface area contributed by atoms with Gasteiger partial charge in [-0.05, 0) is 32.6 Å². The average Bonchev–Trinajstić information content (AvgIpc) is 3.08. The van der Waals surface area contributed by atoms with Gasteiger partial charge in [0.25, 0.3) is 5.91 Å². The fraction of sp³-hybridized carbons (Fsp3) is 0.450. The smallest absolute Gasteiger partial charge is 0.350 e. The van der Waals surface area contributed by atoms with Crippen LogP contribution in [0, 0.1) is 6.92 Å². The molecule has 5 nitrogen and oxygen atoms in total. The van der Waals surface area contributed by atoms with Crippen LogP contribution >= 0.6 is 11.3 Å². The van der Waals surface area contributed by atoms with Crippen molar-refractivity contribution in [1.29, 1.82) is 0 Å². The topological polar surface area (TPSA) is 59.5 Å². The Kier molecular flexibility index (Phi) is 6.04. The lowest BCUT2D eigenvalue weighted by Gasteiger charge is -2.35. The van der Waals surface area contributed by atoms with E-state index in [2.05, 4.69) is 11.9 Å². The van der Waals surface area contributed by atoms with E-state index in [9.17, 15) is 9.59 Å². The summed E-state index contributed by atoms with van der Waals surface area (Å²) >= 11 is 1.30. The van der Waals surface area contributed by atoms with E-state index < -0.39 is 5.97 Å².